The number of anilines is 1. The average molecular weight is 251 g/mol. The lowest BCUT2D eigenvalue weighted by Gasteiger charge is -2.24. The Morgan fingerprint density at radius 1 is 1.16 bits per heavy atom. The Hall–Kier alpha value is -2.62. The zero-order valence-corrected chi connectivity index (χ0v) is 10.2. The van der Waals surface area contributed by atoms with Crippen molar-refractivity contribution in [2.24, 2.45) is 4.99 Å². The van der Waals surface area contributed by atoms with Crippen molar-refractivity contribution >= 4 is 23.3 Å². The molecule has 0 aliphatic carbocycles. The van der Waals surface area contributed by atoms with Crippen LogP contribution in [-0.4, -0.2) is 11.9 Å². The van der Waals surface area contributed by atoms with Gasteiger partial charge in [0.25, 0.3) is 0 Å². The number of ether oxygens (including phenoxy) is 1. The fourth-order valence-electron chi connectivity index (χ4n) is 2.08. The molecule has 3 N–H and O–H groups in total. The molecule has 2 aromatic carbocycles. The molecule has 3 rings (SSSR count). The van der Waals surface area contributed by atoms with Crippen LogP contribution < -0.4 is 10.5 Å². The molecule has 0 saturated heterocycles. The quantitative estimate of drug-likeness (QED) is 0.635. The summed E-state index contributed by atoms with van der Waals surface area (Å²) in [5.74, 6) is 0.689. The molecule has 2 aromatic rings. The lowest BCUT2D eigenvalue weighted by molar-refractivity contribution is 0.272. The highest BCUT2D eigenvalue weighted by Gasteiger charge is 2.24. The van der Waals surface area contributed by atoms with Crippen LogP contribution in [-0.2, 0) is 0 Å². The lowest BCUT2D eigenvalue weighted by Crippen LogP contribution is -2.22. The summed E-state index contributed by atoms with van der Waals surface area (Å²) in [6.07, 6.45) is 0.888. The third-order valence-corrected chi connectivity index (χ3v) is 3.00. The standard InChI is InChI=1S/C15H13N3O/c16-9-13-15(10-4-2-1-3-5-10)19-14-7-6-11(17)8-12(14)18-13/h1-9,15-16H,17H2. The fourth-order valence-corrected chi connectivity index (χ4v) is 2.08. The maximum Gasteiger partial charge on any atom is 0.167 e. The summed E-state index contributed by atoms with van der Waals surface area (Å²) >= 11 is 0. The maximum atomic E-state index is 7.50. The Balaban J connectivity index is 2.07. The van der Waals surface area contributed by atoms with E-state index < -0.39 is 0 Å². The van der Waals surface area contributed by atoms with Gasteiger partial charge in [0.1, 0.15) is 17.1 Å². The molecule has 0 aromatic heterocycles. The molecule has 0 radical (unpaired) electrons. The number of nitrogens with one attached hydrogen (secondary N) is 1. The Morgan fingerprint density at radius 3 is 2.68 bits per heavy atom. The first-order chi connectivity index (χ1) is 9.28. The van der Waals surface area contributed by atoms with Crippen molar-refractivity contribution < 1.29 is 4.74 Å². The second-order valence-electron chi connectivity index (χ2n) is 4.32. The van der Waals surface area contributed by atoms with E-state index in [1.807, 2.05) is 36.4 Å². The van der Waals surface area contributed by atoms with Crippen LogP contribution in [0.2, 0.25) is 0 Å². The van der Waals surface area contributed by atoms with Crippen LogP contribution in [0.3, 0.4) is 0 Å². The van der Waals surface area contributed by atoms with Crippen LogP contribution >= 0.6 is 0 Å². The molecular weight excluding hydrogens is 238 g/mol. The average Bonchev–Trinajstić information content (AvgIpc) is 2.46. The number of fused-ring (bicyclic) bond motifs is 1. The number of nitrogens with two attached hydrogens (primary N) is 1. The minimum atomic E-state index is -0.338. The molecule has 0 fully saturated rings. The normalized spacial score (nSPS) is 17.1. The van der Waals surface area contributed by atoms with Crippen molar-refractivity contribution in [2.45, 2.75) is 6.10 Å². The topological polar surface area (TPSA) is 71.5 Å². The zero-order chi connectivity index (χ0) is 13.2. The molecule has 0 bridgehead atoms. The van der Waals surface area contributed by atoms with Gasteiger partial charge < -0.3 is 15.9 Å². The summed E-state index contributed by atoms with van der Waals surface area (Å²) in [7, 11) is 0. The van der Waals surface area contributed by atoms with Crippen LogP contribution in [0, 0.1) is 5.41 Å². The van der Waals surface area contributed by atoms with Gasteiger partial charge in [0.05, 0.1) is 0 Å². The molecule has 0 spiro atoms. The van der Waals surface area contributed by atoms with E-state index in [-0.39, 0.29) is 6.10 Å². The summed E-state index contributed by atoms with van der Waals surface area (Å²) < 4.78 is 5.94. The first-order valence-corrected chi connectivity index (χ1v) is 5.98. The molecule has 0 saturated carbocycles. The molecular formula is C15H13N3O. The van der Waals surface area contributed by atoms with Gasteiger partial charge in [0, 0.05) is 11.9 Å². The molecule has 4 nitrogen and oxygen atoms in total. The van der Waals surface area contributed by atoms with Gasteiger partial charge in [-0.3, -0.25) is 0 Å². The first kappa shape index (κ1) is 11.5. The van der Waals surface area contributed by atoms with E-state index in [2.05, 4.69) is 4.99 Å². The molecule has 0 amide bonds. The number of nitrogen functional groups attached to an aromatic ring is 1. The third-order valence-electron chi connectivity index (χ3n) is 3.00. The Kier molecular flexibility index (Phi) is 2.76. The van der Waals surface area contributed by atoms with Crippen LogP contribution in [0.15, 0.2) is 53.5 Å². The van der Waals surface area contributed by atoms with Crippen molar-refractivity contribution in [3.8, 4) is 5.75 Å². The SMILES string of the molecule is N=CC1=Nc2cc(N)ccc2OC1c1ccccc1. The van der Waals surface area contributed by atoms with E-state index in [0.717, 1.165) is 5.56 Å². The smallest absolute Gasteiger partial charge is 0.167 e. The molecule has 1 unspecified atom stereocenters. The Morgan fingerprint density at radius 2 is 1.95 bits per heavy atom. The van der Waals surface area contributed by atoms with Gasteiger partial charge in [0.2, 0.25) is 0 Å². The third kappa shape index (κ3) is 2.08. The number of benzene rings is 2. The van der Waals surface area contributed by atoms with Crippen LogP contribution in [0.5, 0.6) is 5.75 Å². The summed E-state index contributed by atoms with van der Waals surface area (Å²) in [6, 6.07) is 15.1. The molecule has 1 aliphatic rings. The largest absolute Gasteiger partial charge is 0.477 e. The van der Waals surface area contributed by atoms with Crippen molar-refractivity contribution in [1.82, 2.24) is 0 Å². The fraction of sp³-hybridized carbons (Fsp3) is 0.0667. The minimum Gasteiger partial charge on any atom is -0.477 e. The number of nitrogens with zero attached hydrogens (tertiary/aromatic N) is 1. The monoisotopic (exact) mass is 251 g/mol. The van der Waals surface area contributed by atoms with Crippen molar-refractivity contribution in [2.75, 3.05) is 5.73 Å². The number of rotatable bonds is 2. The Labute approximate surface area is 111 Å². The maximum absolute atomic E-state index is 7.50. The highest BCUT2D eigenvalue weighted by Crippen LogP contribution is 2.38. The second kappa shape index (κ2) is 4.57. The van der Waals surface area contributed by atoms with Crippen molar-refractivity contribution in [1.29, 1.82) is 5.41 Å². The van der Waals surface area contributed by atoms with Crippen LogP contribution in [0.4, 0.5) is 11.4 Å². The van der Waals surface area contributed by atoms with Gasteiger partial charge in [-0.25, -0.2) is 4.99 Å². The van der Waals surface area contributed by atoms with E-state index >= 15 is 0 Å². The zero-order valence-electron chi connectivity index (χ0n) is 10.2. The lowest BCUT2D eigenvalue weighted by atomic mass is 10.0. The molecule has 4 heteroatoms. The van der Waals surface area contributed by atoms with Crippen LogP contribution in [0.25, 0.3) is 0 Å². The molecule has 19 heavy (non-hydrogen) atoms. The van der Waals surface area contributed by atoms with E-state index in [0.29, 0.717) is 22.8 Å². The van der Waals surface area contributed by atoms with E-state index in [9.17, 15) is 0 Å². The van der Waals surface area contributed by atoms with Gasteiger partial charge in [-0.05, 0) is 23.8 Å². The summed E-state index contributed by atoms with van der Waals surface area (Å²) in [5, 5.41) is 7.50. The van der Waals surface area contributed by atoms with E-state index in [1.54, 1.807) is 12.1 Å². The van der Waals surface area contributed by atoms with Gasteiger partial charge in [0.15, 0.2) is 6.10 Å². The number of hydrogen-bond acceptors (Lipinski definition) is 4. The predicted molar refractivity (Wildman–Crippen MR) is 76.5 cm³/mol. The van der Waals surface area contributed by atoms with Crippen molar-refractivity contribution in [3.05, 3.63) is 54.1 Å². The highest BCUT2D eigenvalue weighted by molar-refractivity contribution is 6.32. The highest BCUT2D eigenvalue weighted by atomic mass is 16.5. The van der Waals surface area contributed by atoms with E-state index in [1.165, 1.54) is 6.21 Å². The first-order valence-electron chi connectivity index (χ1n) is 5.98. The minimum absolute atomic E-state index is 0.338. The van der Waals surface area contributed by atoms with Gasteiger partial charge in [-0.15, -0.1) is 0 Å². The second-order valence-corrected chi connectivity index (χ2v) is 4.32. The molecule has 94 valence electrons. The Bertz CT molecular complexity index is 650. The van der Waals surface area contributed by atoms with Gasteiger partial charge in [-0.1, -0.05) is 30.3 Å². The van der Waals surface area contributed by atoms with Crippen LogP contribution in [0.1, 0.15) is 11.7 Å². The number of aliphatic imine (C=N–C) groups is 1. The van der Waals surface area contributed by atoms with Crippen molar-refractivity contribution in [3.63, 3.8) is 0 Å². The molecule has 1 heterocycles. The van der Waals surface area contributed by atoms with E-state index in [4.69, 9.17) is 15.9 Å². The van der Waals surface area contributed by atoms with Gasteiger partial charge in [-0.2, -0.15) is 0 Å². The summed E-state index contributed by atoms with van der Waals surface area (Å²) in [5.41, 5.74) is 8.59. The predicted octanol–water partition coefficient (Wildman–Crippen LogP) is 3.12. The molecule has 1 atom stereocenters. The van der Waals surface area contributed by atoms with Gasteiger partial charge >= 0.3 is 0 Å². The number of hydrogen-bond donors (Lipinski definition) is 2. The summed E-state index contributed by atoms with van der Waals surface area (Å²) in [6.45, 7) is 0. The molecule has 1 aliphatic heterocycles. The summed E-state index contributed by atoms with van der Waals surface area (Å²) in [4.78, 5) is 4.45.